The molecule has 5 rings (SSSR count). The largest absolute Gasteiger partial charge is 0.325 e. The van der Waals surface area contributed by atoms with E-state index in [4.69, 9.17) is 0 Å². The first kappa shape index (κ1) is 19.8. The fourth-order valence-electron chi connectivity index (χ4n) is 5.17. The molecule has 3 amide bonds. The summed E-state index contributed by atoms with van der Waals surface area (Å²) < 4.78 is 0. The van der Waals surface area contributed by atoms with Gasteiger partial charge in [0.1, 0.15) is 0 Å². The number of hydrogen-bond acceptors (Lipinski definition) is 3. The van der Waals surface area contributed by atoms with Gasteiger partial charge in [-0.2, -0.15) is 0 Å². The summed E-state index contributed by atoms with van der Waals surface area (Å²) in [6.45, 7) is 2.42. The van der Waals surface area contributed by atoms with Crippen molar-refractivity contribution in [1.29, 1.82) is 0 Å². The topological polar surface area (TPSA) is 52.7 Å². The first-order valence-electron chi connectivity index (χ1n) is 11.0. The number of nitrogens with zero attached hydrogens (tertiary/aromatic N) is 2. The minimum atomic E-state index is -1.05. The molecule has 5 heteroatoms. The molecule has 2 aromatic carbocycles. The van der Waals surface area contributed by atoms with Crippen molar-refractivity contribution in [1.82, 2.24) is 15.1 Å². The number of allylic oxidation sites excluding steroid dienone is 3. The van der Waals surface area contributed by atoms with Gasteiger partial charge in [0.25, 0.3) is 5.91 Å². The van der Waals surface area contributed by atoms with Crippen molar-refractivity contribution in [2.45, 2.75) is 31.0 Å². The quantitative estimate of drug-likeness (QED) is 0.758. The summed E-state index contributed by atoms with van der Waals surface area (Å²) in [5, 5.41) is 3.13. The Balaban J connectivity index is 1.41. The molecular weight excluding hydrogens is 386 g/mol. The van der Waals surface area contributed by atoms with Crippen LogP contribution in [-0.2, 0) is 16.9 Å². The smallest absolute Gasteiger partial charge is 0.319 e. The highest BCUT2D eigenvalue weighted by atomic mass is 16.2. The van der Waals surface area contributed by atoms with Gasteiger partial charge in [0.15, 0.2) is 5.54 Å². The number of nitrogens with one attached hydrogen (secondary N) is 1. The maximum atomic E-state index is 14.0. The third-order valence-electron chi connectivity index (χ3n) is 6.71. The molecule has 2 saturated heterocycles. The molecule has 0 saturated carbocycles. The van der Waals surface area contributed by atoms with Crippen LogP contribution >= 0.6 is 0 Å². The third-order valence-corrected chi connectivity index (χ3v) is 6.71. The van der Waals surface area contributed by atoms with Crippen molar-refractivity contribution >= 4 is 11.9 Å². The van der Waals surface area contributed by atoms with Gasteiger partial charge in [-0.15, -0.1) is 0 Å². The third kappa shape index (κ3) is 3.49. The molecule has 3 atom stereocenters. The second-order valence-corrected chi connectivity index (χ2v) is 8.60. The molecule has 158 valence electrons. The highest BCUT2D eigenvalue weighted by molar-refractivity contribution is 6.08. The van der Waals surface area contributed by atoms with Gasteiger partial charge in [0.2, 0.25) is 0 Å². The molecule has 5 nitrogen and oxygen atoms in total. The molecule has 3 aliphatic rings. The fraction of sp³-hybridized carbons (Fsp3) is 0.308. The molecule has 3 unspecified atom stereocenters. The summed E-state index contributed by atoms with van der Waals surface area (Å²) in [5.74, 6) is -0.233. The molecule has 2 heterocycles. The van der Waals surface area contributed by atoms with Crippen LogP contribution in [0.25, 0.3) is 0 Å². The summed E-state index contributed by atoms with van der Waals surface area (Å²) in [4.78, 5) is 31.0. The lowest BCUT2D eigenvalue weighted by molar-refractivity contribution is -0.134. The lowest BCUT2D eigenvalue weighted by atomic mass is 9.74. The molecule has 0 spiro atoms. The highest BCUT2D eigenvalue weighted by Crippen LogP contribution is 2.41. The minimum Gasteiger partial charge on any atom is -0.319 e. The Bertz CT molecular complexity index is 1020. The van der Waals surface area contributed by atoms with Gasteiger partial charge in [-0.1, -0.05) is 85.0 Å². The predicted molar refractivity (Wildman–Crippen MR) is 120 cm³/mol. The van der Waals surface area contributed by atoms with Gasteiger partial charge in [-0.25, -0.2) is 4.79 Å². The zero-order valence-electron chi connectivity index (χ0n) is 17.5. The van der Waals surface area contributed by atoms with Crippen molar-refractivity contribution in [2.24, 2.45) is 5.92 Å². The van der Waals surface area contributed by atoms with E-state index in [-0.39, 0.29) is 23.9 Å². The molecule has 0 bridgehead atoms. The minimum absolute atomic E-state index is 0.107. The number of likely N-dealkylation sites (tertiary alicyclic amines) is 1. The molecule has 1 aliphatic carbocycles. The van der Waals surface area contributed by atoms with E-state index in [1.54, 1.807) is 0 Å². The zero-order valence-corrected chi connectivity index (χ0v) is 17.5. The lowest BCUT2D eigenvalue weighted by Gasteiger charge is -2.35. The van der Waals surface area contributed by atoms with E-state index in [1.807, 2.05) is 66.8 Å². The number of benzene rings is 2. The standard InChI is InChI=1S/C26H27N3O2/c30-24-26(21-12-6-2-7-13-21,22-14-8-3-9-15-22)27-25(31)29(24)23-16-17-28(19-23)18-20-10-4-1-5-11-20/h1-14,22-23H,15-19H2,(H,27,31). The second kappa shape index (κ2) is 8.16. The normalized spacial score (nSPS) is 28.3. The fourth-order valence-corrected chi connectivity index (χ4v) is 5.17. The van der Waals surface area contributed by atoms with E-state index >= 15 is 0 Å². The summed E-state index contributed by atoms with van der Waals surface area (Å²) in [5.41, 5.74) is 1.05. The maximum absolute atomic E-state index is 14.0. The molecule has 0 aromatic heterocycles. The van der Waals surface area contributed by atoms with Crippen LogP contribution < -0.4 is 5.32 Å². The Morgan fingerprint density at radius 2 is 1.71 bits per heavy atom. The zero-order chi connectivity index (χ0) is 21.3. The predicted octanol–water partition coefficient (Wildman–Crippen LogP) is 3.84. The van der Waals surface area contributed by atoms with E-state index in [9.17, 15) is 9.59 Å². The van der Waals surface area contributed by atoms with Crippen LogP contribution in [0.2, 0.25) is 0 Å². The van der Waals surface area contributed by atoms with Crippen molar-refractivity contribution in [3.05, 3.63) is 96.1 Å². The van der Waals surface area contributed by atoms with Crippen molar-refractivity contribution in [2.75, 3.05) is 13.1 Å². The first-order chi connectivity index (χ1) is 15.2. The van der Waals surface area contributed by atoms with E-state index in [1.165, 1.54) is 10.5 Å². The summed E-state index contributed by atoms with van der Waals surface area (Å²) in [6, 6.07) is 19.6. The Labute approximate surface area is 183 Å². The molecule has 0 radical (unpaired) electrons. The van der Waals surface area contributed by atoms with Gasteiger partial charge >= 0.3 is 6.03 Å². The van der Waals surface area contributed by atoms with Crippen LogP contribution in [0.3, 0.4) is 0 Å². The van der Waals surface area contributed by atoms with Crippen molar-refractivity contribution in [3.8, 4) is 0 Å². The molecule has 1 N–H and O–H groups in total. The summed E-state index contributed by atoms with van der Waals surface area (Å²) in [7, 11) is 0. The van der Waals surface area contributed by atoms with Crippen LogP contribution in [0.1, 0.15) is 24.0 Å². The number of rotatable bonds is 5. The Morgan fingerprint density at radius 3 is 2.42 bits per heavy atom. The highest BCUT2D eigenvalue weighted by Gasteiger charge is 2.58. The van der Waals surface area contributed by atoms with Crippen LogP contribution in [0.4, 0.5) is 4.79 Å². The van der Waals surface area contributed by atoms with E-state index in [2.05, 4.69) is 28.4 Å². The average molecular weight is 414 g/mol. The molecule has 2 aromatic rings. The van der Waals surface area contributed by atoms with Crippen LogP contribution in [0.15, 0.2) is 85.0 Å². The number of carbonyl (C=O) groups excluding carboxylic acids is 2. The average Bonchev–Trinajstić information content (AvgIpc) is 3.37. The Kier molecular flexibility index (Phi) is 5.20. The van der Waals surface area contributed by atoms with Crippen LogP contribution in [0.5, 0.6) is 0 Å². The van der Waals surface area contributed by atoms with Gasteiger partial charge < -0.3 is 5.32 Å². The van der Waals surface area contributed by atoms with Gasteiger partial charge in [0, 0.05) is 25.6 Å². The summed E-state index contributed by atoms with van der Waals surface area (Å²) in [6.07, 6.45) is 9.59. The molecule has 31 heavy (non-hydrogen) atoms. The Hall–Kier alpha value is -3.18. The maximum Gasteiger partial charge on any atom is 0.325 e. The Morgan fingerprint density at radius 1 is 0.968 bits per heavy atom. The summed E-state index contributed by atoms with van der Waals surface area (Å²) >= 11 is 0. The number of imide groups is 1. The molecule has 2 fully saturated rings. The number of carbonyl (C=O) groups is 2. The number of urea groups is 1. The van der Waals surface area contributed by atoms with Crippen molar-refractivity contribution < 1.29 is 9.59 Å². The number of hydrogen-bond donors (Lipinski definition) is 1. The molecular formula is C26H27N3O2. The number of amides is 3. The molecule has 2 aliphatic heterocycles. The van der Waals surface area contributed by atoms with Gasteiger partial charge in [-0.05, 0) is 24.0 Å². The van der Waals surface area contributed by atoms with E-state index < -0.39 is 5.54 Å². The van der Waals surface area contributed by atoms with Crippen LogP contribution in [-0.4, -0.2) is 40.9 Å². The van der Waals surface area contributed by atoms with Gasteiger partial charge in [0.05, 0.1) is 6.04 Å². The SMILES string of the molecule is O=C1NC(c2ccccc2)(C2C=CC=CC2)C(=O)N1C1CCN(Cc2ccccc2)C1. The first-order valence-corrected chi connectivity index (χ1v) is 11.0. The van der Waals surface area contributed by atoms with Crippen LogP contribution in [0, 0.1) is 5.92 Å². The van der Waals surface area contributed by atoms with E-state index in [0.29, 0.717) is 6.54 Å². The lowest BCUT2D eigenvalue weighted by Crippen LogP contribution is -2.50. The van der Waals surface area contributed by atoms with Crippen molar-refractivity contribution in [3.63, 3.8) is 0 Å². The van der Waals surface area contributed by atoms with E-state index in [0.717, 1.165) is 31.5 Å². The van der Waals surface area contributed by atoms with Gasteiger partial charge in [-0.3, -0.25) is 14.6 Å². The second-order valence-electron chi connectivity index (χ2n) is 8.60. The monoisotopic (exact) mass is 413 g/mol.